The van der Waals surface area contributed by atoms with Crippen LogP contribution in [0.25, 0.3) is 11.0 Å². The Morgan fingerprint density at radius 1 is 1.07 bits per heavy atom. The zero-order valence-corrected chi connectivity index (χ0v) is 10.1. The summed E-state index contributed by atoms with van der Waals surface area (Å²) in [7, 11) is 0. The Morgan fingerprint density at radius 2 is 1.73 bits per heavy atom. The molecule has 0 fully saturated rings. The Balaban J connectivity index is 2.75. The molecule has 80 valence electrons. The highest BCUT2D eigenvalue weighted by Crippen LogP contribution is 2.33. The third-order valence-corrected chi connectivity index (χ3v) is 2.77. The fraction of sp³-hybridized carbons (Fsp3) is 0.429. The van der Waals surface area contributed by atoms with E-state index in [4.69, 9.17) is 4.42 Å². The van der Waals surface area contributed by atoms with Crippen molar-refractivity contribution in [2.75, 3.05) is 0 Å². The van der Waals surface area contributed by atoms with E-state index >= 15 is 0 Å². The van der Waals surface area contributed by atoms with Crippen molar-refractivity contribution in [2.45, 2.75) is 40.0 Å². The third-order valence-electron chi connectivity index (χ3n) is 2.77. The minimum Gasteiger partial charge on any atom is -0.460 e. The summed E-state index contributed by atoms with van der Waals surface area (Å²) in [5.74, 6) is 1.10. The molecule has 0 aliphatic heterocycles. The molecule has 2 aromatic rings. The van der Waals surface area contributed by atoms with Crippen LogP contribution in [0.4, 0.5) is 0 Å². The Labute approximate surface area is 91.1 Å². The third kappa shape index (κ3) is 1.67. The standard InChI is InChI=1S/C14H18O/c1-9-6-7-11-10(2)13(14(3,4)5)15-12(11)8-9/h6-8H,1-5H3. The molecular weight excluding hydrogens is 184 g/mol. The number of hydrogen-bond donors (Lipinski definition) is 0. The maximum atomic E-state index is 5.94. The van der Waals surface area contributed by atoms with Crippen molar-refractivity contribution in [1.29, 1.82) is 0 Å². The van der Waals surface area contributed by atoms with E-state index < -0.39 is 0 Å². The number of furan rings is 1. The number of rotatable bonds is 0. The molecule has 2 rings (SSSR count). The summed E-state index contributed by atoms with van der Waals surface area (Å²) in [6.07, 6.45) is 0. The molecule has 0 unspecified atom stereocenters. The average molecular weight is 202 g/mol. The molecule has 0 aliphatic rings. The van der Waals surface area contributed by atoms with Crippen molar-refractivity contribution >= 4 is 11.0 Å². The smallest absolute Gasteiger partial charge is 0.134 e. The molecule has 1 nitrogen and oxygen atoms in total. The van der Waals surface area contributed by atoms with E-state index in [0.29, 0.717) is 0 Å². The summed E-state index contributed by atoms with van der Waals surface area (Å²) in [5, 5.41) is 1.24. The van der Waals surface area contributed by atoms with Crippen LogP contribution in [0.1, 0.15) is 37.7 Å². The monoisotopic (exact) mass is 202 g/mol. The lowest BCUT2D eigenvalue weighted by Crippen LogP contribution is -2.10. The second-order valence-electron chi connectivity index (χ2n) is 5.31. The quantitative estimate of drug-likeness (QED) is 0.619. The SMILES string of the molecule is Cc1ccc2c(C)c(C(C)(C)C)oc2c1. The van der Waals surface area contributed by atoms with Gasteiger partial charge in [-0.05, 0) is 31.0 Å². The normalized spacial score (nSPS) is 12.3. The van der Waals surface area contributed by atoms with Gasteiger partial charge in [-0.15, -0.1) is 0 Å². The highest BCUT2D eigenvalue weighted by molar-refractivity contribution is 5.82. The van der Waals surface area contributed by atoms with Crippen LogP contribution < -0.4 is 0 Å². The number of fused-ring (bicyclic) bond motifs is 1. The molecule has 0 aliphatic carbocycles. The second-order valence-corrected chi connectivity index (χ2v) is 5.31. The Hall–Kier alpha value is -1.24. The predicted molar refractivity (Wildman–Crippen MR) is 64.4 cm³/mol. The Bertz CT molecular complexity index is 498. The summed E-state index contributed by atoms with van der Waals surface area (Å²) in [6.45, 7) is 10.8. The predicted octanol–water partition coefficient (Wildman–Crippen LogP) is 4.35. The lowest BCUT2D eigenvalue weighted by atomic mass is 9.90. The maximum Gasteiger partial charge on any atom is 0.134 e. The van der Waals surface area contributed by atoms with Crippen molar-refractivity contribution in [3.8, 4) is 0 Å². The van der Waals surface area contributed by atoms with Crippen LogP contribution >= 0.6 is 0 Å². The van der Waals surface area contributed by atoms with Crippen molar-refractivity contribution < 1.29 is 4.42 Å². The van der Waals surface area contributed by atoms with Gasteiger partial charge < -0.3 is 4.42 Å². The molecule has 1 heteroatoms. The van der Waals surface area contributed by atoms with Gasteiger partial charge in [-0.25, -0.2) is 0 Å². The molecule has 1 aromatic carbocycles. The first-order valence-corrected chi connectivity index (χ1v) is 5.40. The molecule has 1 heterocycles. The summed E-state index contributed by atoms with van der Waals surface area (Å²) in [6, 6.07) is 6.40. The van der Waals surface area contributed by atoms with E-state index in [2.05, 4.69) is 52.8 Å². The summed E-state index contributed by atoms with van der Waals surface area (Å²) in [4.78, 5) is 0. The van der Waals surface area contributed by atoms with Crippen molar-refractivity contribution in [3.05, 3.63) is 35.1 Å². The van der Waals surface area contributed by atoms with Gasteiger partial charge in [-0.2, -0.15) is 0 Å². The average Bonchev–Trinajstić information content (AvgIpc) is 2.42. The van der Waals surface area contributed by atoms with Crippen LogP contribution in [0.5, 0.6) is 0 Å². The number of aryl methyl sites for hydroxylation is 2. The molecule has 0 spiro atoms. The van der Waals surface area contributed by atoms with Crippen LogP contribution in [0, 0.1) is 13.8 Å². The number of benzene rings is 1. The molecule has 0 atom stereocenters. The zero-order chi connectivity index (χ0) is 11.2. The topological polar surface area (TPSA) is 13.1 Å². The van der Waals surface area contributed by atoms with Gasteiger partial charge in [0, 0.05) is 10.8 Å². The zero-order valence-electron chi connectivity index (χ0n) is 10.1. The van der Waals surface area contributed by atoms with Crippen LogP contribution in [-0.2, 0) is 5.41 Å². The maximum absolute atomic E-state index is 5.94. The molecule has 0 radical (unpaired) electrons. The van der Waals surface area contributed by atoms with Gasteiger partial charge in [0.15, 0.2) is 0 Å². The van der Waals surface area contributed by atoms with Gasteiger partial charge in [-0.1, -0.05) is 32.9 Å². The molecule has 0 saturated heterocycles. The highest BCUT2D eigenvalue weighted by Gasteiger charge is 2.22. The minimum atomic E-state index is 0.0804. The van der Waals surface area contributed by atoms with Gasteiger partial charge in [0.2, 0.25) is 0 Å². The van der Waals surface area contributed by atoms with Crippen molar-refractivity contribution in [2.24, 2.45) is 0 Å². The minimum absolute atomic E-state index is 0.0804. The van der Waals surface area contributed by atoms with E-state index in [9.17, 15) is 0 Å². The molecule has 1 aromatic heterocycles. The first-order chi connectivity index (χ1) is 6.89. The fourth-order valence-corrected chi connectivity index (χ4v) is 2.05. The van der Waals surface area contributed by atoms with Gasteiger partial charge >= 0.3 is 0 Å². The van der Waals surface area contributed by atoms with E-state index in [1.807, 2.05) is 0 Å². The van der Waals surface area contributed by atoms with Gasteiger partial charge in [0.1, 0.15) is 11.3 Å². The molecule has 15 heavy (non-hydrogen) atoms. The first-order valence-electron chi connectivity index (χ1n) is 5.40. The Morgan fingerprint density at radius 3 is 2.33 bits per heavy atom. The van der Waals surface area contributed by atoms with E-state index in [0.717, 1.165) is 11.3 Å². The summed E-state index contributed by atoms with van der Waals surface area (Å²) < 4.78 is 5.94. The first kappa shape index (κ1) is 10.3. The molecule has 0 bridgehead atoms. The van der Waals surface area contributed by atoms with Crippen LogP contribution in [0.3, 0.4) is 0 Å². The van der Waals surface area contributed by atoms with Crippen molar-refractivity contribution in [3.63, 3.8) is 0 Å². The van der Waals surface area contributed by atoms with E-state index in [-0.39, 0.29) is 5.41 Å². The summed E-state index contributed by atoms with van der Waals surface area (Å²) >= 11 is 0. The van der Waals surface area contributed by atoms with Crippen LogP contribution in [-0.4, -0.2) is 0 Å². The molecule has 0 amide bonds. The summed E-state index contributed by atoms with van der Waals surface area (Å²) in [5.41, 5.74) is 3.61. The highest BCUT2D eigenvalue weighted by atomic mass is 16.3. The largest absolute Gasteiger partial charge is 0.460 e. The molecule has 0 saturated carbocycles. The van der Waals surface area contributed by atoms with E-state index in [1.54, 1.807) is 0 Å². The van der Waals surface area contributed by atoms with E-state index in [1.165, 1.54) is 16.5 Å². The van der Waals surface area contributed by atoms with Gasteiger partial charge in [0.25, 0.3) is 0 Å². The van der Waals surface area contributed by atoms with Gasteiger partial charge in [0.05, 0.1) is 0 Å². The molecular formula is C14H18O. The Kier molecular flexibility index (Phi) is 2.14. The van der Waals surface area contributed by atoms with Crippen LogP contribution in [0.2, 0.25) is 0 Å². The number of hydrogen-bond acceptors (Lipinski definition) is 1. The second kappa shape index (κ2) is 3.13. The fourth-order valence-electron chi connectivity index (χ4n) is 2.05. The lowest BCUT2D eigenvalue weighted by Gasteiger charge is -2.15. The van der Waals surface area contributed by atoms with Crippen LogP contribution in [0.15, 0.2) is 22.6 Å². The van der Waals surface area contributed by atoms with Gasteiger partial charge in [-0.3, -0.25) is 0 Å². The lowest BCUT2D eigenvalue weighted by molar-refractivity contribution is 0.426. The van der Waals surface area contributed by atoms with Crippen molar-refractivity contribution in [1.82, 2.24) is 0 Å². The molecule has 0 N–H and O–H groups in total.